The molecular formula is C20H22N2O5. The van der Waals surface area contributed by atoms with Gasteiger partial charge in [-0.1, -0.05) is 12.1 Å². The van der Waals surface area contributed by atoms with E-state index in [0.29, 0.717) is 22.6 Å². The third-order valence-corrected chi connectivity index (χ3v) is 3.62. The van der Waals surface area contributed by atoms with Gasteiger partial charge in [0.05, 0.1) is 11.7 Å². The molecule has 27 heavy (non-hydrogen) atoms. The second-order valence-corrected chi connectivity index (χ2v) is 6.23. The minimum absolute atomic E-state index is 0.0649. The Balaban J connectivity index is 2.07. The van der Waals surface area contributed by atoms with Gasteiger partial charge < -0.3 is 20.5 Å². The summed E-state index contributed by atoms with van der Waals surface area (Å²) in [7, 11) is 0. The van der Waals surface area contributed by atoms with Crippen LogP contribution >= 0.6 is 0 Å². The highest BCUT2D eigenvalue weighted by Crippen LogP contribution is 2.21. The average molecular weight is 370 g/mol. The molecule has 0 aromatic heterocycles. The van der Waals surface area contributed by atoms with Gasteiger partial charge in [0.25, 0.3) is 11.8 Å². The fourth-order valence-corrected chi connectivity index (χ4v) is 2.26. The summed E-state index contributed by atoms with van der Waals surface area (Å²) in [6.45, 7) is 5.14. The number of carbonyl (C=O) groups excluding carboxylic acids is 2. The van der Waals surface area contributed by atoms with Gasteiger partial charge in [0.2, 0.25) is 0 Å². The Morgan fingerprint density at radius 2 is 1.56 bits per heavy atom. The van der Waals surface area contributed by atoms with Crippen LogP contribution in [0.25, 0.3) is 0 Å². The Morgan fingerprint density at radius 3 is 2.15 bits per heavy atom. The molecule has 0 aliphatic heterocycles. The summed E-state index contributed by atoms with van der Waals surface area (Å²) in [4.78, 5) is 35.3. The number of hydrogen-bond acceptors (Lipinski definition) is 4. The number of carboxylic acids is 1. The van der Waals surface area contributed by atoms with Crippen LogP contribution in [0.15, 0.2) is 48.5 Å². The smallest absolute Gasteiger partial charge is 0.325 e. The molecule has 2 aromatic carbocycles. The number of carboxylic acid groups (broad SMARTS) is 1. The van der Waals surface area contributed by atoms with Crippen molar-refractivity contribution in [3.63, 3.8) is 0 Å². The lowest BCUT2D eigenvalue weighted by Crippen LogP contribution is -2.38. The van der Waals surface area contributed by atoms with Gasteiger partial charge in [0.1, 0.15) is 11.8 Å². The standard InChI is InChI=1S/C20H22N2O5/c1-12(2)27-17-7-5-4-6-16(17)19(24)22-15-10-8-14(9-11-15)18(23)21-13(3)20(25)26/h4-13H,1-3H3,(H,21,23)(H,22,24)(H,25,26). The van der Waals surface area contributed by atoms with E-state index in [-0.39, 0.29) is 12.0 Å². The van der Waals surface area contributed by atoms with Gasteiger partial charge in [0.15, 0.2) is 0 Å². The summed E-state index contributed by atoms with van der Waals surface area (Å²) >= 11 is 0. The molecule has 0 saturated heterocycles. The molecule has 3 N–H and O–H groups in total. The number of amides is 2. The predicted octanol–water partition coefficient (Wildman–Crippen LogP) is 2.93. The van der Waals surface area contributed by atoms with E-state index in [9.17, 15) is 14.4 Å². The molecule has 7 nitrogen and oxygen atoms in total. The van der Waals surface area contributed by atoms with E-state index in [1.807, 2.05) is 13.8 Å². The van der Waals surface area contributed by atoms with Crippen LogP contribution in [0.5, 0.6) is 5.75 Å². The lowest BCUT2D eigenvalue weighted by molar-refractivity contribution is -0.138. The first kappa shape index (κ1) is 20.0. The maximum absolute atomic E-state index is 12.5. The van der Waals surface area contributed by atoms with Gasteiger partial charge in [-0.2, -0.15) is 0 Å². The van der Waals surface area contributed by atoms with E-state index in [2.05, 4.69) is 10.6 Å². The number of aliphatic carboxylic acids is 1. The quantitative estimate of drug-likeness (QED) is 0.695. The van der Waals surface area contributed by atoms with Crippen LogP contribution < -0.4 is 15.4 Å². The van der Waals surface area contributed by atoms with Crippen LogP contribution in [0.2, 0.25) is 0 Å². The summed E-state index contributed by atoms with van der Waals surface area (Å²) in [6, 6.07) is 12.1. The minimum atomic E-state index is -1.12. The maximum Gasteiger partial charge on any atom is 0.325 e. The molecule has 0 radical (unpaired) electrons. The normalized spacial score (nSPS) is 11.6. The monoisotopic (exact) mass is 370 g/mol. The third-order valence-electron chi connectivity index (χ3n) is 3.62. The van der Waals surface area contributed by atoms with Crippen molar-refractivity contribution in [3.05, 3.63) is 59.7 Å². The van der Waals surface area contributed by atoms with Crippen molar-refractivity contribution in [1.82, 2.24) is 5.32 Å². The van der Waals surface area contributed by atoms with Gasteiger partial charge in [-0.25, -0.2) is 0 Å². The second-order valence-electron chi connectivity index (χ2n) is 6.23. The van der Waals surface area contributed by atoms with Crippen molar-refractivity contribution in [2.75, 3.05) is 5.32 Å². The van der Waals surface area contributed by atoms with E-state index in [1.54, 1.807) is 36.4 Å². The molecule has 2 rings (SSSR count). The maximum atomic E-state index is 12.5. The average Bonchev–Trinajstić information content (AvgIpc) is 2.62. The van der Waals surface area contributed by atoms with E-state index in [4.69, 9.17) is 9.84 Å². The first-order chi connectivity index (χ1) is 12.8. The van der Waals surface area contributed by atoms with Gasteiger partial charge in [0, 0.05) is 11.3 Å². The largest absolute Gasteiger partial charge is 0.490 e. The van der Waals surface area contributed by atoms with Crippen LogP contribution in [0, 0.1) is 0 Å². The second kappa shape index (κ2) is 8.84. The first-order valence-electron chi connectivity index (χ1n) is 8.48. The lowest BCUT2D eigenvalue weighted by Gasteiger charge is -2.14. The van der Waals surface area contributed by atoms with Crippen LogP contribution in [-0.4, -0.2) is 35.0 Å². The lowest BCUT2D eigenvalue weighted by atomic mass is 10.1. The van der Waals surface area contributed by atoms with E-state index in [1.165, 1.54) is 19.1 Å². The Labute approximate surface area is 157 Å². The summed E-state index contributed by atoms with van der Waals surface area (Å²) in [5.74, 6) is -1.46. The van der Waals surface area contributed by atoms with Crippen LogP contribution in [0.1, 0.15) is 41.5 Å². The fourth-order valence-electron chi connectivity index (χ4n) is 2.26. The van der Waals surface area contributed by atoms with Crippen molar-refractivity contribution < 1.29 is 24.2 Å². The van der Waals surface area contributed by atoms with Crippen molar-refractivity contribution in [1.29, 1.82) is 0 Å². The number of hydrogen-bond donors (Lipinski definition) is 3. The van der Waals surface area contributed by atoms with Crippen molar-refractivity contribution in [2.45, 2.75) is 32.9 Å². The van der Waals surface area contributed by atoms with Crippen LogP contribution in [0.3, 0.4) is 0 Å². The predicted molar refractivity (Wildman–Crippen MR) is 101 cm³/mol. The molecule has 7 heteroatoms. The summed E-state index contributed by atoms with van der Waals surface area (Å²) in [5.41, 5.74) is 1.20. The zero-order valence-electron chi connectivity index (χ0n) is 15.4. The minimum Gasteiger partial charge on any atom is -0.490 e. The summed E-state index contributed by atoms with van der Waals surface area (Å²) in [5, 5.41) is 14.0. The fraction of sp³-hybridized carbons (Fsp3) is 0.250. The molecule has 2 amide bonds. The van der Waals surface area contributed by atoms with Gasteiger partial charge in [-0.3, -0.25) is 14.4 Å². The molecule has 0 spiro atoms. The van der Waals surface area contributed by atoms with Crippen molar-refractivity contribution in [3.8, 4) is 5.75 Å². The SMILES string of the molecule is CC(C)Oc1ccccc1C(=O)Nc1ccc(C(=O)NC(C)C(=O)O)cc1. The topological polar surface area (TPSA) is 105 Å². The summed E-state index contributed by atoms with van der Waals surface area (Å²) in [6.07, 6.45) is -0.0649. The summed E-state index contributed by atoms with van der Waals surface area (Å²) < 4.78 is 5.65. The van der Waals surface area contributed by atoms with E-state index >= 15 is 0 Å². The van der Waals surface area contributed by atoms with Gasteiger partial charge >= 0.3 is 5.97 Å². The molecule has 0 aliphatic carbocycles. The molecule has 1 atom stereocenters. The van der Waals surface area contributed by atoms with Crippen molar-refractivity contribution in [2.24, 2.45) is 0 Å². The third kappa shape index (κ3) is 5.57. The van der Waals surface area contributed by atoms with Crippen molar-refractivity contribution >= 4 is 23.5 Å². The number of carbonyl (C=O) groups is 3. The zero-order valence-corrected chi connectivity index (χ0v) is 15.4. The molecular weight excluding hydrogens is 348 g/mol. The number of ether oxygens (including phenoxy) is 1. The molecule has 1 unspecified atom stereocenters. The number of benzene rings is 2. The molecule has 2 aromatic rings. The Kier molecular flexibility index (Phi) is 6.54. The highest BCUT2D eigenvalue weighted by molar-refractivity contribution is 6.06. The zero-order chi connectivity index (χ0) is 20.0. The van der Waals surface area contributed by atoms with Crippen LogP contribution in [0.4, 0.5) is 5.69 Å². The van der Waals surface area contributed by atoms with E-state index < -0.39 is 17.9 Å². The number of anilines is 1. The Hall–Kier alpha value is -3.35. The molecule has 0 bridgehead atoms. The van der Waals surface area contributed by atoms with Gasteiger partial charge in [-0.15, -0.1) is 0 Å². The molecule has 0 fully saturated rings. The number of para-hydroxylation sites is 1. The van der Waals surface area contributed by atoms with Crippen LogP contribution in [-0.2, 0) is 4.79 Å². The Bertz CT molecular complexity index is 831. The molecule has 142 valence electrons. The molecule has 0 saturated carbocycles. The number of rotatable bonds is 7. The highest BCUT2D eigenvalue weighted by Gasteiger charge is 2.16. The molecule has 0 heterocycles. The Morgan fingerprint density at radius 1 is 0.926 bits per heavy atom. The van der Waals surface area contributed by atoms with Gasteiger partial charge in [-0.05, 0) is 57.2 Å². The van der Waals surface area contributed by atoms with E-state index in [0.717, 1.165) is 0 Å². The first-order valence-corrected chi connectivity index (χ1v) is 8.48. The molecule has 0 aliphatic rings. The highest BCUT2D eigenvalue weighted by atomic mass is 16.5. The number of nitrogens with one attached hydrogen (secondary N) is 2.